The maximum atomic E-state index is 13.9. The summed E-state index contributed by atoms with van der Waals surface area (Å²) < 4.78 is 34.1. The van der Waals surface area contributed by atoms with Crippen LogP contribution in [-0.4, -0.2) is 32.5 Å². The van der Waals surface area contributed by atoms with E-state index in [0.717, 1.165) is 0 Å². The first kappa shape index (κ1) is 25.5. The zero-order valence-electron chi connectivity index (χ0n) is 19.9. The van der Waals surface area contributed by atoms with E-state index < -0.39 is 21.9 Å². The van der Waals surface area contributed by atoms with Gasteiger partial charge in [-0.3, -0.25) is 9.10 Å². The molecule has 37 heavy (non-hydrogen) atoms. The molecule has 0 aliphatic rings. The lowest BCUT2D eigenvalue weighted by molar-refractivity contribution is 0.0698. The maximum absolute atomic E-state index is 13.9. The highest BCUT2D eigenvalue weighted by molar-refractivity contribution is 7.92. The number of carbonyl (C=O) groups is 2. The third-order valence-corrected chi connectivity index (χ3v) is 7.41. The van der Waals surface area contributed by atoms with Crippen LogP contribution >= 0.6 is 0 Å². The number of anilines is 2. The van der Waals surface area contributed by atoms with E-state index >= 15 is 0 Å². The minimum absolute atomic E-state index is 0.0238. The van der Waals surface area contributed by atoms with Crippen LogP contribution in [0.5, 0.6) is 5.75 Å². The Bertz CT molecular complexity index is 1520. The van der Waals surface area contributed by atoms with Crippen molar-refractivity contribution in [1.82, 2.24) is 0 Å². The lowest BCUT2D eigenvalue weighted by Crippen LogP contribution is -2.32. The Morgan fingerprint density at radius 1 is 0.811 bits per heavy atom. The van der Waals surface area contributed by atoms with Crippen molar-refractivity contribution < 1.29 is 27.9 Å². The summed E-state index contributed by atoms with van der Waals surface area (Å²) in [4.78, 5) is 25.0. The Balaban J connectivity index is 1.79. The van der Waals surface area contributed by atoms with E-state index in [1.165, 1.54) is 41.7 Å². The molecule has 1 amide bonds. The molecule has 0 heterocycles. The number of rotatable bonds is 9. The summed E-state index contributed by atoms with van der Waals surface area (Å²) in [6.07, 6.45) is 0. The first-order chi connectivity index (χ1) is 17.8. The number of nitrogens with zero attached hydrogens (tertiary/aromatic N) is 1. The Morgan fingerprint density at radius 2 is 1.41 bits per heavy atom. The lowest BCUT2D eigenvalue weighted by Gasteiger charge is -2.27. The molecule has 0 saturated carbocycles. The fraction of sp³-hybridized carbons (Fsp3) is 0.0714. The first-order valence-corrected chi connectivity index (χ1v) is 12.7. The topological polar surface area (TPSA) is 113 Å². The monoisotopic (exact) mass is 516 g/mol. The van der Waals surface area contributed by atoms with Crippen molar-refractivity contribution in [3.8, 4) is 5.75 Å². The molecule has 0 saturated heterocycles. The van der Waals surface area contributed by atoms with Gasteiger partial charge in [0.1, 0.15) is 5.75 Å². The minimum Gasteiger partial charge on any atom is -0.497 e. The number of methoxy groups -OCH3 is 1. The van der Waals surface area contributed by atoms with Crippen LogP contribution in [0.25, 0.3) is 0 Å². The average Bonchev–Trinajstić information content (AvgIpc) is 2.92. The molecule has 0 spiro atoms. The molecule has 0 aromatic heterocycles. The van der Waals surface area contributed by atoms with E-state index in [0.29, 0.717) is 11.3 Å². The van der Waals surface area contributed by atoms with Gasteiger partial charge in [0.15, 0.2) is 0 Å². The molecule has 0 atom stereocenters. The van der Waals surface area contributed by atoms with Crippen LogP contribution in [0.2, 0.25) is 0 Å². The van der Waals surface area contributed by atoms with Gasteiger partial charge in [-0.2, -0.15) is 0 Å². The van der Waals surface area contributed by atoms with Gasteiger partial charge < -0.3 is 15.2 Å². The molecule has 0 fully saturated rings. The summed E-state index contributed by atoms with van der Waals surface area (Å²) in [5, 5.41) is 12.1. The van der Waals surface area contributed by atoms with Gasteiger partial charge in [-0.05, 0) is 54.1 Å². The third kappa shape index (κ3) is 5.62. The van der Waals surface area contributed by atoms with Gasteiger partial charge in [-0.1, -0.05) is 54.6 Å². The van der Waals surface area contributed by atoms with Gasteiger partial charge in [0.2, 0.25) is 0 Å². The van der Waals surface area contributed by atoms with Gasteiger partial charge in [0.05, 0.1) is 41.1 Å². The fourth-order valence-corrected chi connectivity index (χ4v) is 5.25. The van der Waals surface area contributed by atoms with E-state index in [1.54, 1.807) is 66.7 Å². The molecule has 188 valence electrons. The van der Waals surface area contributed by atoms with Crippen molar-refractivity contribution in [2.75, 3.05) is 16.7 Å². The van der Waals surface area contributed by atoms with Crippen LogP contribution in [0, 0.1) is 0 Å². The first-order valence-electron chi connectivity index (χ1n) is 11.2. The van der Waals surface area contributed by atoms with Crippen molar-refractivity contribution in [3.05, 3.63) is 120 Å². The number of amides is 1. The average molecular weight is 517 g/mol. The second-order valence-corrected chi connectivity index (χ2v) is 9.86. The molecular weight excluding hydrogens is 492 g/mol. The van der Waals surface area contributed by atoms with Crippen molar-refractivity contribution in [2.45, 2.75) is 11.4 Å². The highest BCUT2D eigenvalue weighted by Crippen LogP contribution is 2.31. The minimum atomic E-state index is -4.12. The number of hydrogen-bond donors (Lipinski definition) is 2. The fourth-order valence-electron chi connectivity index (χ4n) is 3.78. The summed E-state index contributed by atoms with van der Waals surface area (Å²) in [6.45, 7) is -0.0365. The summed E-state index contributed by atoms with van der Waals surface area (Å²) in [5.41, 5.74) is 0.942. The zero-order valence-corrected chi connectivity index (χ0v) is 20.7. The number of para-hydroxylation sites is 2. The zero-order chi connectivity index (χ0) is 26.4. The molecule has 4 aromatic carbocycles. The van der Waals surface area contributed by atoms with Crippen molar-refractivity contribution in [1.29, 1.82) is 0 Å². The Labute approximate surface area is 214 Å². The summed E-state index contributed by atoms with van der Waals surface area (Å²) in [5.74, 6) is -1.34. The second kappa shape index (κ2) is 11.0. The molecule has 0 aliphatic heterocycles. The normalized spacial score (nSPS) is 10.9. The predicted octanol–water partition coefficient (Wildman–Crippen LogP) is 5.04. The van der Waals surface area contributed by atoms with Gasteiger partial charge in [0.25, 0.3) is 15.9 Å². The summed E-state index contributed by atoms with van der Waals surface area (Å²) in [6, 6.07) is 27.3. The van der Waals surface area contributed by atoms with Gasteiger partial charge in [-0.25, -0.2) is 13.2 Å². The van der Waals surface area contributed by atoms with Crippen LogP contribution in [0.1, 0.15) is 26.3 Å². The molecule has 2 N–H and O–H groups in total. The SMILES string of the molecule is COc1ccc(S(=O)(=O)N(Cc2ccccc2)c2ccccc2C(=O)Nc2ccccc2C(=O)O)cc1. The van der Waals surface area contributed by atoms with E-state index in [9.17, 15) is 23.1 Å². The number of aromatic carboxylic acids is 1. The van der Waals surface area contributed by atoms with Crippen LogP contribution in [0.3, 0.4) is 0 Å². The van der Waals surface area contributed by atoms with E-state index in [-0.39, 0.29) is 33.9 Å². The molecule has 4 rings (SSSR count). The van der Waals surface area contributed by atoms with Crippen LogP contribution < -0.4 is 14.4 Å². The number of benzene rings is 4. The molecular formula is C28H24N2O6S. The number of carboxylic acids is 1. The Morgan fingerprint density at radius 3 is 2.05 bits per heavy atom. The van der Waals surface area contributed by atoms with Gasteiger partial charge in [-0.15, -0.1) is 0 Å². The highest BCUT2D eigenvalue weighted by Gasteiger charge is 2.29. The number of ether oxygens (including phenoxy) is 1. The Hall–Kier alpha value is -4.63. The molecule has 0 aliphatic carbocycles. The summed E-state index contributed by atoms with van der Waals surface area (Å²) in [7, 11) is -2.64. The van der Waals surface area contributed by atoms with E-state index in [4.69, 9.17) is 4.74 Å². The lowest BCUT2D eigenvalue weighted by atomic mass is 10.1. The number of hydrogen-bond acceptors (Lipinski definition) is 5. The smallest absolute Gasteiger partial charge is 0.337 e. The molecule has 9 heteroatoms. The maximum Gasteiger partial charge on any atom is 0.337 e. The van der Waals surface area contributed by atoms with E-state index in [2.05, 4.69) is 5.32 Å². The highest BCUT2D eigenvalue weighted by atomic mass is 32.2. The summed E-state index contributed by atoms with van der Waals surface area (Å²) >= 11 is 0. The van der Waals surface area contributed by atoms with Crippen LogP contribution in [-0.2, 0) is 16.6 Å². The molecule has 0 bridgehead atoms. The van der Waals surface area contributed by atoms with Gasteiger partial charge >= 0.3 is 5.97 Å². The quantitative estimate of drug-likeness (QED) is 0.322. The molecule has 4 aromatic rings. The van der Waals surface area contributed by atoms with Crippen LogP contribution in [0.4, 0.5) is 11.4 Å². The number of carboxylic acid groups (broad SMARTS) is 1. The van der Waals surface area contributed by atoms with Crippen molar-refractivity contribution in [3.63, 3.8) is 0 Å². The van der Waals surface area contributed by atoms with Crippen molar-refractivity contribution >= 4 is 33.3 Å². The number of nitrogens with one attached hydrogen (secondary N) is 1. The van der Waals surface area contributed by atoms with E-state index in [1.807, 2.05) is 6.07 Å². The third-order valence-electron chi connectivity index (χ3n) is 5.64. The standard InChI is InChI=1S/C28H24N2O6S/c1-36-21-15-17-22(18-16-21)37(34,35)30(19-20-9-3-2-4-10-20)26-14-8-6-12-24(26)27(31)29-25-13-7-5-11-23(25)28(32)33/h2-18H,19H2,1H3,(H,29,31)(H,32,33). The number of carbonyl (C=O) groups excluding carboxylic acids is 1. The second-order valence-electron chi connectivity index (χ2n) is 7.99. The predicted molar refractivity (Wildman–Crippen MR) is 141 cm³/mol. The molecule has 0 unspecified atom stereocenters. The van der Waals surface area contributed by atoms with Gasteiger partial charge in [0, 0.05) is 0 Å². The molecule has 0 radical (unpaired) electrons. The molecule has 8 nitrogen and oxygen atoms in total. The largest absolute Gasteiger partial charge is 0.497 e. The Kier molecular flexibility index (Phi) is 7.55. The van der Waals surface area contributed by atoms with Crippen molar-refractivity contribution in [2.24, 2.45) is 0 Å². The number of sulfonamides is 1. The van der Waals surface area contributed by atoms with Crippen LogP contribution in [0.15, 0.2) is 108 Å².